The SMILES string of the molecule is C=CCc1cccc(/C=N/NC(=O)CSc2nc3sc4c(c3c(=O)n2-c2ccc(OC)cc2)CCCC4)c1O. The van der Waals surface area contributed by atoms with Gasteiger partial charge in [-0.1, -0.05) is 30.0 Å². The zero-order chi connectivity index (χ0) is 27.4. The fourth-order valence-electron chi connectivity index (χ4n) is 4.61. The lowest BCUT2D eigenvalue weighted by Crippen LogP contribution is -2.24. The van der Waals surface area contributed by atoms with Gasteiger partial charge < -0.3 is 9.84 Å². The number of phenolic OH excluding ortho intramolecular Hbond substituents is 1. The van der Waals surface area contributed by atoms with E-state index < -0.39 is 0 Å². The summed E-state index contributed by atoms with van der Waals surface area (Å²) in [5.41, 5.74) is 5.36. The Morgan fingerprint density at radius 2 is 2.05 bits per heavy atom. The number of phenols is 1. The molecule has 0 bridgehead atoms. The minimum atomic E-state index is -0.362. The van der Waals surface area contributed by atoms with Gasteiger partial charge in [-0.2, -0.15) is 5.10 Å². The van der Waals surface area contributed by atoms with Crippen LogP contribution in [0, 0.1) is 0 Å². The maximum absolute atomic E-state index is 13.8. The molecule has 0 fully saturated rings. The molecular weight excluding hydrogens is 532 g/mol. The number of thioether (sulfide) groups is 1. The Labute approximate surface area is 234 Å². The van der Waals surface area contributed by atoms with Crippen LogP contribution < -0.4 is 15.7 Å². The lowest BCUT2D eigenvalue weighted by Gasteiger charge is -2.14. The molecule has 0 unspecified atom stereocenters. The van der Waals surface area contributed by atoms with Gasteiger partial charge in [0, 0.05) is 10.4 Å². The van der Waals surface area contributed by atoms with Crippen LogP contribution in [0.5, 0.6) is 11.5 Å². The fraction of sp³-hybridized carbons (Fsp3) is 0.241. The number of aromatic hydroxyl groups is 1. The summed E-state index contributed by atoms with van der Waals surface area (Å²) >= 11 is 2.75. The van der Waals surface area contributed by atoms with Crippen molar-refractivity contribution in [2.24, 2.45) is 5.10 Å². The molecule has 2 aromatic heterocycles. The average molecular weight is 561 g/mol. The number of hydrazone groups is 1. The van der Waals surface area contributed by atoms with Gasteiger partial charge in [-0.25, -0.2) is 10.4 Å². The van der Waals surface area contributed by atoms with Gasteiger partial charge in [0.1, 0.15) is 16.3 Å². The molecule has 200 valence electrons. The van der Waals surface area contributed by atoms with Crippen LogP contribution in [-0.2, 0) is 24.1 Å². The van der Waals surface area contributed by atoms with Crippen molar-refractivity contribution in [2.45, 2.75) is 37.3 Å². The van der Waals surface area contributed by atoms with Crippen molar-refractivity contribution < 1.29 is 14.6 Å². The topological polar surface area (TPSA) is 106 Å². The number of aryl methyl sites for hydroxylation is 2. The Kier molecular flexibility index (Phi) is 8.13. The van der Waals surface area contributed by atoms with Crippen molar-refractivity contribution in [3.8, 4) is 17.2 Å². The molecular formula is C29H28N4O4S2. The van der Waals surface area contributed by atoms with Crippen LogP contribution >= 0.6 is 23.1 Å². The van der Waals surface area contributed by atoms with Gasteiger partial charge in [0.2, 0.25) is 0 Å². The van der Waals surface area contributed by atoms with Crippen LogP contribution in [0.4, 0.5) is 0 Å². The van der Waals surface area contributed by atoms with E-state index in [4.69, 9.17) is 9.72 Å². The standard InChI is InChI=1S/C29H28N4O4S2/c1-3-7-18-8-6-9-19(26(18)35)16-30-32-24(34)17-38-29-31-27-25(22-10-4-5-11-23(22)39-27)28(36)33(29)20-12-14-21(37-2)15-13-20/h3,6,8-9,12-16,35H,1,4-5,7,10-11,17H2,2H3,(H,32,34)/b30-16+. The number of nitrogens with zero attached hydrogens (tertiary/aromatic N) is 3. The molecule has 39 heavy (non-hydrogen) atoms. The van der Waals surface area contributed by atoms with E-state index in [1.54, 1.807) is 59.4 Å². The van der Waals surface area contributed by atoms with E-state index in [0.29, 0.717) is 38.8 Å². The number of carbonyl (C=O) groups is 1. The van der Waals surface area contributed by atoms with E-state index in [-0.39, 0.29) is 23.0 Å². The first-order valence-corrected chi connectivity index (χ1v) is 14.4. The minimum Gasteiger partial charge on any atom is -0.507 e. The number of hydrogen-bond acceptors (Lipinski definition) is 8. The molecule has 0 atom stereocenters. The first kappa shape index (κ1) is 26.7. The van der Waals surface area contributed by atoms with E-state index in [1.165, 1.54) is 22.9 Å². The van der Waals surface area contributed by atoms with Crippen molar-refractivity contribution in [3.63, 3.8) is 0 Å². The number of carbonyl (C=O) groups excluding carboxylic acids is 1. The maximum atomic E-state index is 13.8. The number of amides is 1. The Balaban J connectivity index is 1.40. The molecule has 10 heteroatoms. The number of ether oxygens (including phenoxy) is 1. The number of nitrogens with one attached hydrogen (secondary N) is 1. The number of benzene rings is 2. The van der Waals surface area contributed by atoms with E-state index >= 15 is 0 Å². The predicted molar refractivity (Wildman–Crippen MR) is 157 cm³/mol. The molecule has 2 heterocycles. The van der Waals surface area contributed by atoms with E-state index in [9.17, 15) is 14.7 Å². The molecule has 0 saturated heterocycles. The predicted octanol–water partition coefficient (Wildman–Crippen LogP) is 5.01. The first-order valence-electron chi connectivity index (χ1n) is 12.6. The van der Waals surface area contributed by atoms with Crippen LogP contribution in [0.3, 0.4) is 0 Å². The third-order valence-corrected chi connectivity index (χ3v) is 8.65. The molecule has 4 aromatic rings. The summed E-state index contributed by atoms with van der Waals surface area (Å²) in [7, 11) is 1.59. The zero-order valence-corrected chi connectivity index (χ0v) is 23.1. The zero-order valence-electron chi connectivity index (χ0n) is 21.5. The van der Waals surface area contributed by atoms with Gasteiger partial charge in [0.25, 0.3) is 11.5 Å². The quantitative estimate of drug-likeness (QED) is 0.0980. The highest BCUT2D eigenvalue weighted by Gasteiger charge is 2.23. The van der Waals surface area contributed by atoms with Crippen LogP contribution in [0.25, 0.3) is 15.9 Å². The Bertz CT molecular complexity index is 1620. The van der Waals surface area contributed by atoms with E-state index in [2.05, 4.69) is 17.1 Å². The van der Waals surface area contributed by atoms with Crippen LogP contribution in [0.1, 0.15) is 34.4 Å². The molecule has 0 radical (unpaired) electrons. The number of hydrogen-bond donors (Lipinski definition) is 2. The number of fused-ring (bicyclic) bond motifs is 3. The number of aromatic nitrogens is 2. The number of thiophene rings is 1. The van der Waals surface area contributed by atoms with Crippen molar-refractivity contribution in [2.75, 3.05) is 12.9 Å². The maximum Gasteiger partial charge on any atom is 0.267 e. The van der Waals surface area contributed by atoms with Gasteiger partial charge in [-0.15, -0.1) is 17.9 Å². The van der Waals surface area contributed by atoms with Gasteiger partial charge >= 0.3 is 0 Å². The lowest BCUT2D eigenvalue weighted by atomic mass is 9.97. The molecule has 0 spiro atoms. The summed E-state index contributed by atoms with van der Waals surface area (Å²) in [6, 6.07) is 12.5. The highest BCUT2D eigenvalue weighted by atomic mass is 32.2. The minimum absolute atomic E-state index is 0.000975. The van der Waals surface area contributed by atoms with Crippen molar-refractivity contribution in [3.05, 3.63) is 87.0 Å². The summed E-state index contributed by atoms with van der Waals surface area (Å²) in [5.74, 6) is 0.420. The average Bonchev–Trinajstić information content (AvgIpc) is 3.33. The second kappa shape index (κ2) is 11.9. The second-order valence-corrected chi connectivity index (χ2v) is 11.1. The number of rotatable bonds is 9. The van der Waals surface area contributed by atoms with Crippen molar-refractivity contribution in [1.29, 1.82) is 0 Å². The van der Waals surface area contributed by atoms with Crippen LogP contribution in [0.2, 0.25) is 0 Å². The molecule has 0 saturated carbocycles. The van der Waals surface area contributed by atoms with Gasteiger partial charge in [0.05, 0.1) is 30.2 Å². The van der Waals surface area contributed by atoms with E-state index in [1.807, 2.05) is 12.1 Å². The monoisotopic (exact) mass is 560 g/mol. The van der Waals surface area contributed by atoms with Crippen molar-refractivity contribution >= 4 is 45.4 Å². The summed E-state index contributed by atoms with van der Waals surface area (Å²) in [4.78, 5) is 33.3. The summed E-state index contributed by atoms with van der Waals surface area (Å²) in [6.07, 6.45) is 7.66. The molecule has 1 amide bonds. The first-order chi connectivity index (χ1) is 19.0. The lowest BCUT2D eigenvalue weighted by molar-refractivity contribution is -0.118. The fourth-order valence-corrected chi connectivity index (χ4v) is 6.72. The Hall–Kier alpha value is -3.89. The Morgan fingerprint density at radius 3 is 2.82 bits per heavy atom. The molecule has 1 aliphatic rings. The van der Waals surface area contributed by atoms with Crippen molar-refractivity contribution in [1.82, 2.24) is 15.0 Å². The highest BCUT2D eigenvalue weighted by Crippen LogP contribution is 2.35. The Morgan fingerprint density at radius 1 is 1.26 bits per heavy atom. The summed E-state index contributed by atoms with van der Waals surface area (Å²) < 4.78 is 6.86. The normalized spacial score (nSPS) is 12.9. The smallest absolute Gasteiger partial charge is 0.267 e. The summed E-state index contributed by atoms with van der Waals surface area (Å²) in [5, 5.41) is 15.5. The molecule has 0 aliphatic heterocycles. The summed E-state index contributed by atoms with van der Waals surface area (Å²) in [6.45, 7) is 3.69. The number of methoxy groups -OCH3 is 1. The molecule has 8 nitrogen and oxygen atoms in total. The van der Waals surface area contributed by atoms with Crippen LogP contribution in [-0.4, -0.2) is 39.6 Å². The third-order valence-electron chi connectivity index (χ3n) is 6.53. The van der Waals surface area contributed by atoms with E-state index in [0.717, 1.165) is 36.8 Å². The number of para-hydroxylation sites is 1. The molecule has 1 aliphatic carbocycles. The molecule has 5 rings (SSSR count). The number of allylic oxidation sites excluding steroid dienone is 1. The van der Waals surface area contributed by atoms with Gasteiger partial charge in [-0.3, -0.25) is 14.2 Å². The van der Waals surface area contributed by atoms with Crippen LogP contribution in [0.15, 0.2) is 70.2 Å². The molecule has 2 aromatic carbocycles. The van der Waals surface area contributed by atoms with Gasteiger partial charge in [0.15, 0.2) is 5.16 Å². The second-order valence-electron chi connectivity index (χ2n) is 9.05. The molecule has 2 N–H and O–H groups in total. The van der Waals surface area contributed by atoms with Gasteiger partial charge in [-0.05, 0) is 73.6 Å². The highest BCUT2D eigenvalue weighted by molar-refractivity contribution is 7.99. The largest absolute Gasteiger partial charge is 0.507 e. The third kappa shape index (κ3) is 5.62.